The maximum Gasteiger partial charge on any atom is 0.263 e. The Labute approximate surface area is 130 Å². The number of carbonyl (C=O) groups is 1. The molecule has 3 nitrogen and oxygen atoms in total. The summed E-state index contributed by atoms with van der Waals surface area (Å²) in [6.45, 7) is 2.44. The lowest BCUT2D eigenvalue weighted by Crippen LogP contribution is -2.41. The molecule has 2 N–H and O–H groups in total. The molecule has 2 heterocycles. The summed E-state index contributed by atoms with van der Waals surface area (Å²) in [6.07, 6.45) is 7.14. The number of amides is 1. The van der Waals surface area contributed by atoms with E-state index in [0.29, 0.717) is 12.5 Å². The molecule has 112 valence electrons. The molecule has 1 fully saturated rings. The molecule has 0 aromatic carbocycles. The van der Waals surface area contributed by atoms with Crippen LogP contribution in [0.4, 0.5) is 0 Å². The van der Waals surface area contributed by atoms with Gasteiger partial charge in [0.2, 0.25) is 0 Å². The summed E-state index contributed by atoms with van der Waals surface area (Å²) in [7, 11) is 0. The van der Waals surface area contributed by atoms with Gasteiger partial charge in [0.25, 0.3) is 5.91 Å². The van der Waals surface area contributed by atoms with Gasteiger partial charge in [-0.2, -0.15) is 0 Å². The normalized spacial score (nSPS) is 22.1. The first-order valence-corrected chi connectivity index (χ1v) is 8.20. The molecule has 3 rings (SSSR count). The molecule has 1 aromatic rings. The van der Waals surface area contributed by atoms with E-state index in [1.54, 1.807) is 11.3 Å². The van der Waals surface area contributed by atoms with E-state index >= 15 is 0 Å². The van der Waals surface area contributed by atoms with Crippen LogP contribution in [0.3, 0.4) is 0 Å². The minimum absolute atomic E-state index is 0. The number of thiophene rings is 1. The third kappa shape index (κ3) is 3.18. The highest BCUT2D eigenvalue weighted by atomic mass is 35.5. The topological polar surface area (TPSA) is 46.3 Å². The van der Waals surface area contributed by atoms with Crippen LogP contribution in [0.2, 0.25) is 0 Å². The van der Waals surface area contributed by atoms with Crippen molar-refractivity contribution in [3.05, 3.63) is 21.4 Å². The minimum Gasteiger partial charge on any atom is -0.338 e. The van der Waals surface area contributed by atoms with E-state index in [1.165, 1.54) is 36.1 Å². The fourth-order valence-electron chi connectivity index (χ4n) is 3.19. The summed E-state index contributed by atoms with van der Waals surface area (Å²) in [5.41, 5.74) is 7.17. The average Bonchev–Trinajstić information content (AvgIpc) is 2.90. The fraction of sp³-hybridized carbons (Fsp3) is 0.667. The number of aryl methyl sites for hydroxylation is 2. The van der Waals surface area contributed by atoms with E-state index in [2.05, 4.69) is 6.07 Å². The lowest BCUT2D eigenvalue weighted by Gasteiger charge is -2.31. The monoisotopic (exact) mass is 314 g/mol. The van der Waals surface area contributed by atoms with Crippen LogP contribution in [0.5, 0.6) is 0 Å². The maximum atomic E-state index is 12.6. The maximum absolute atomic E-state index is 12.6. The highest BCUT2D eigenvalue weighted by Crippen LogP contribution is 2.31. The zero-order valence-electron chi connectivity index (χ0n) is 11.8. The molecule has 0 spiro atoms. The number of nitrogens with zero attached hydrogens (tertiary/aromatic N) is 1. The summed E-state index contributed by atoms with van der Waals surface area (Å²) in [5, 5.41) is 0. The summed E-state index contributed by atoms with van der Waals surface area (Å²) in [6, 6.07) is 2.15. The van der Waals surface area contributed by atoms with Crippen molar-refractivity contribution < 1.29 is 4.79 Å². The molecular formula is C15H23ClN2OS. The van der Waals surface area contributed by atoms with Crippen molar-refractivity contribution in [1.82, 2.24) is 4.90 Å². The highest BCUT2D eigenvalue weighted by Gasteiger charge is 2.26. The molecule has 20 heavy (non-hydrogen) atoms. The Bertz CT molecular complexity index is 451. The van der Waals surface area contributed by atoms with Gasteiger partial charge >= 0.3 is 0 Å². The van der Waals surface area contributed by atoms with Gasteiger partial charge in [0, 0.05) is 18.0 Å². The molecule has 1 atom stereocenters. The van der Waals surface area contributed by atoms with Crippen LogP contribution in [0.25, 0.3) is 0 Å². The number of rotatable bonds is 2. The van der Waals surface area contributed by atoms with Gasteiger partial charge in [-0.3, -0.25) is 4.79 Å². The Kier molecular flexibility index (Phi) is 5.47. The molecule has 1 aliphatic heterocycles. The van der Waals surface area contributed by atoms with Gasteiger partial charge in [0.1, 0.15) is 0 Å². The van der Waals surface area contributed by atoms with Gasteiger partial charge in [-0.25, -0.2) is 0 Å². The van der Waals surface area contributed by atoms with E-state index in [1.807, 2.05) is 4.90 Å². The zero-order valence-corrected chi connectivity index (χ0v) is 13.4. The Morgan fingerprint density at radius 3 is 2.90 bits per heavy atom. The van der Waals surface area contributed by atoms with Crippen LogP contribution in [-0.2, 0) is 12.8 Å². The third-order valence-electron chi connectivity index (χ3n) is 4.35. The second-order valence-corrected chi connectivity index (χ2v) is 6.90. The summed E-state index contributed by atoms with van der Waals surface area (Å²) < 4.78 is 0. The van der Waals surface area contributed by atoms with Crippen molar-refractivity contribution in [2.45, 2.75) is 38.5 Å². The smallest absolute Gasteiger partial charge is 0.263 e. The first-order valence-electron chi connectivity index (χ1n) is 7.39. The van der Waals surface area contributed by atoms with Crippen LogP contribution in [0, 0.1) is 5.92 Å². The Morgan fingerprint density at radius 2 is 2.15 bits per heavy atom. The SMILES string of the molecule is Cl.NCC1CCCN(C(=O)c2cc3c(s2)CCCC3)C1. The van der Waals surface area contributed by atoms with Crippen LogP contribution in [0.15, 0.2) is 6.07 Å². The van der Waals surface area contributed by atoms with Gasteiger partial charge < -0.3 is 10.6 Å². The number of hydrogen-bond donors (Lipinski definition) is 1. The van der Waals surface area contributed by atoms with Crippen LogP contribution in [-0.4, -0.2) is 30.4 Å². The number of nitrogens with two attached hydrogens (primary N) is 1. The predicted octanol–water partition coefficient (Wildman–Crippen LogP) is 2.86. The number of carbonyl (C=O) groups excluding carboxylic acids is 1. The van der Waals surface area contributed by atoms with E-state index in [-0.39, 0.29) is 18.3 Å². The predicted molar refractivity (Wildman–Crippen MR) is 85.9 cm³/mol. The standard InChI is InChI=1S/C15H22N2OS.ClH/c16-9-11-4-3-7-17(10-11)15(18)14-8-12-5-1-2-6-13(12)19-14;/h8,11H,1-7,9-10,16H2;1H. The van der Waals surface area contributed by atoms with Crippen molar-refractivity contribution in [1.29, 1.82) is 0 Å². The second-order valence-electron chi connectivity index (χ2n) is 5.76. The van der Waals surface area contributed by atoms with E-state index < -0.39 is 0 Å². The largest absolute Gasteiger partial charge is 0.338 e. The zero-order chi connectivity index (χ0) is 13.2. The lowest BCUT2D eigenvalue weighted by atomic mass is 9.97. The Balaban J connectivity index is 0.00000147. The minimum atomic E-state index is 0. The van der Waals surface area contributed by atoms with Gasteiger partial charge in [-0.15, -0.1) is 23.7 Å². The lowest BCUT2D eigenvalue weighted by molar-refractivity contribution is 0.0683. The summed E-state index contributed by atoms with van der Waals surface area (Å²) in [5.74, 6) is 0.727. The first kappa shape index (κ1) is 15.8. The molecule has 1 aromatic heterocycles. The number of halogens is 1. The quantitative estimate of drug-likeness (QED) is 0.912. The molecule has 1 amide bonds. The Morgan fingerprint density at radius 1 is 1.35 bits per heavy atom. The van der Waals surface area contributed by atoms with E-state index in [0.717, 1.165) is 30.8 Å². The second kappa shape index (κ2) is 6.92. The van der Waals surface area contributed by atoms with Crippen molar-refractivity contribution in [3.8, 4) is 0 Å². The van der Waals surface area contributed by atoms with Crippen LogP contribution < -0.4 is 5.73 Å². The van der Waals surface area contributed by atoms with Crippen molar-refractivity contribution in [3.63, 3.8) is 0 Å². The van der Waals surface area contributed by atoms with Gasteiger partial charge in [0.15, 0.2) is 0 Å². The molecule has 0 bridgehead atoms. The molecular weight excluding hydrogens is 292 g/mol. The van der Waals surface area contributed by atoms with Crippen molar-refractivity contribution >= 4 is 29.7 Å². The van der Waals surface area contributed by atoms with Crippen molar-refractivity contribution in [2.75, 3.05) is 19.6 Å². The fourth-order valence-corrected chi connectivity index (χ4v) is 4.42. The van der Waals surface area contributed by atoms with Crippen LogP contribution >= 0.6 is 23.7 Å². The van der Waals surface area contributed by atoms with Gasteiger partial charge in [0.05, 0.1) is 4.88 Å². The molecule has 5 heteroatoms. The summed E-state index contributed by atoms with van der Waals surface area (Å²) in [4.78, 5) is 17.0. The summed E-state index contributed by atoms with van der Waals surface area (Å²) >= 11 is 1.72. The molecule has 2 aliphatic rings. The molecule has 1 unspecified atom stereocenters. The first-order chi connectivity index (χ1) is 9.28. The number of hydrogen-bond acceptors (Lipinski definition) is 3. The van der Waals surface area contributed by atoms with E-state index in [9.17, 15) is 4.79 Å². The van der Waals surface area contributed by atoms with E-state index in [4.69, 9.17) is 5.73 Å². The van der Waals surface area contributed by atoms with Gasteiger partial charge in [-0.1, -0.05) is 0 Å². The van der Waals surface area contributed by atoms with Crippen molar-refractivity contribution in [2.24, 2.45) is 11.7 Å². The third-order valence-corrected chi connectivity index (χ3v) is 5.57. The Hall–Kier alpha value is -0.580. The highest BCUT2D eigenvalue weighted by molar-refractivity contribution is 7.14. The molecule has 0 saturated carbocycles. The number of fused-ring (bicyclic) bond motifs is 1. The molecule has 1 aliphatic carbocycles. The average molecular weight is 315 g/mol. The molecule has 1 saturated heterocycles. The van der Waals surface area contributed by atoms with Crippen LogP contribution in [0.1, 0.15) is 45.8 Å². The number of piperidine rings is 1. The number of likely N-dealkylation sites (tertiary alicyclic amines) is 1. The van der Waals surface area contributed by atoms with Gasteiger partial charge in [-0.05, 0) is 62.6 Å². The molecule has 0 radical (unpaired) electrons.